The lowest BCUT2D eigenvalue weighted by atomic mass is 10.1. The summed E-state index contributed by atoms with van der Waals surface area (Å²) in [6.07, 6.45) is 4.04. The fraction of sp³-hybridized carbons (Fsp3) is 0.600. The monoisotopic (exact) mass is 196 g/mol. The average Bonchev–Trinajstić information content (AvgIpc) is 2.69. The molecule has 3 heteroatoms. The van der Waals surface area contributed by atoms with Gasteiger partial charge in [0.15, 0.2) is 0 Å². The van der Waals surface area contributed by atoms with E-state index in [2.05, 4.69) is 28.1 Å². The number of thiophene rings is 1. The molecule has 1 aromatic rings. The van der Waals surface area contributed by atoms with Gasteiger partial charge in [0.25, 0.3) is 0 Å². The van der Waals surface area contributed by atoms with Crippen molar-refractivity contribution in [3.8, 4) is 0 Å². The summed E-state index contributed by atoms with van der Waals surface area (Å²) < 4.78 is 0. The first-order valence-corrected chi connectivity index (χ1v) is 5.84. The molecule has 1 aliphatic heterocycles. The Balaban J connectivity index is 1.72. The maximum Gasteiger partial charge on any atom is 0.0882 e. The summed E-state index contributed by atoms with van der Waals surface area (Å²) >= 11 is 1.77. The second-order valence-electron chi connectivity index (χ2n) is 3.51. The van der Waals surface area contributed by atoms with Crippen LogP contribution in [0.1, 0.15) is 19.3 Å². The fourth-order valence-electron chi connectivity index (χ4n) is 1.70. The molecule has 0 amide bonds. The van der Waals surface area contributed by atoms with Crippen molar-refractivity contribution in [3.05, 3.63) is 17.5 Å². The van der Waals surface area contributed by atoms with E-state index in [0.29, 0.717) is 6.04 Å². The quantitative estimate of drug-likeness (QED) is 0.775. The fourth-order valence-corrected chi connectivity index (χ4v) is 2.33. The lowest BCUT2D eigenvalue weighted by Gasteiger charge is -2.23. The van der Waals surface area contributed by atoms with E-state index >= 15 is 0 Å². The Bertz CT molecular complexity index is 227. The molecular formula is C10H16N2S. The van der Waals surface area contributed by atoms with Crippen molar-refractivity contribution in [2.24, 2.45) is 0 Å². The highest BCUT2D eigenvalue weighted by atomic mass is 32.1. The molecule has 0 bridgehead atoms. The van der Waals surface area contributed by atoms with Gasteiger partial charge < -0.3 is 10.6 Å². The molecule has 2 heterocycles. The number of anilines is 1. The molecule has 0 saturated carbocycles. The highest BCUT2D eigenvalue weighted by molar-refractivity contribution is 7.14. The van der Waals surface area contributed by atoms with E-state index in [1.165, 1.54) is 30.8 Å². The number of rotatable bonds is 3. The molecule has 2 rings (SSSR count). The van der Waals surface area contributed by atoms with Gasteiger partial charge in [-0.3, -0.25) is 0 Å². The van der Waals surface area contributed by atoms with Crippen LogP contribution in [-0.4, -0.2) is 19.1 Å². The van der Waals surface area contributed by atoms with Crippen LogP contribution in [0, 0.1) is 0 Å². The van der Waals surface area contributed by atoms with Gasteiger partial charge in [-0.25, -0.2) is 0 Å². The number of nitrogens with one attached hydrogen (secondary N) is 2. The Morgan fingerprint density at radius 2 is 2.54 bits per heavy atom. The van der Waals surface area contributed by atoms with Crippen LogP contribution in [0.4, 0.5) is 5.00 Å². The van der Waals surface area contributed by atoms with Gasteiger partial charge in [-0.1, -0.05) is 6.42 Å². The Kier molecular flexibility index (Phi) is 3.22. The largest absolute Gasteiger partial charge is 0.375 e. The minimum Gasteiger partial charge on any atom is -0.375 e. The molecule has 0 aliphatic carbocycles. The summed E-state index contributed by atoms with van der Waals surface area (Å²) in [6, 6.07) is 4.89. The molecule has 2 nitrogen and oxygen atoms in total. The zero-order valence-electron chi connectivity index (χ0n) is 7.75. The summed E-state index contributed by atoms with van der Waals surface area (Å²) in [5, 5.41) is 10.4. The van der Waals surface area contributed by atoms with E-state index < -0.39 is 0 Å². The van der Waals surface area contributed by atoms with Crippen molar-refractivity contribution in [1.82, 2.24) is 5.32 Å². The summed E-state index contributed by atoms with van der Waals surface area (Å²) in [6.45, 7) is 2.26. The van der Waals surface area contributed by atoms with Gasteiger partial charge >= 0.3 is 0 Å². The smallest absolute Gasteiger partial charge is 0.0882 e. The predicted molar refractivity (Wildman–Crippen MR) is 58.5 cm³/mol. The molecule has 1 aromatic heterocycles. The van der Waals surface area contributed by atoms with Crippen LogP contribution in [0.3, 0.4) is 0 Å². The third kappa shape index (κ3) is 2.71. The predicted octanol–water partition coefficient (Wildman–Crippen LogP) is 2.30. The van der Waals surface area contributed by atoms with E-state index in [-0.39, 0.29) is 0 Å². The Morgan fingerprint density at radius 1 is 1.54 bits per heavy atom. The molecule has 1 fully saturated rings. The van der Waals surface area contributed by atoms with Crippen molar-refractivity contribution in [2.75, 3.05) is 18.4 Å². The van der Waals surface area contributed by atoms with E-state index in [1.54, 1.807) is 11.3 Å². The first-order valence-electron chi connectivity index (χ1n) is 4.96. The summed E-state index contributed by atoms with van der Waals surface area (Å²) in [5.41, 5.74) is 0. The average molecular weight is 196 g/mol. The second kappa shape index (κ2) is 4.63. The third-order valence-electron chi connectivity index (χ3n) is 2.46. The molecule has 0 spiro atoms. The number of hydrogen-bond acceptors (Lipinski definition) is 3. The van der Waals surface area contributed by atoms with E-state index in [0.717, 1.165) is 6.54 Å². The van der Waals surface area contributed by atoms with Crippen molar-refractivity contribution in [3.63, 3.8) is 0 Å². The lowest BCUT2D eigenvalue weighted by Crippen LogP contribution is -2.39. The van der Waals surface area contributed by atoms with Crippen LogP contribution in [0.2, 0.25) is 0 Å². The molecule has 0 radical (unpaired) electrons. The van der Waals surface area contributed by atoms with Gasteiger partial charge in [-0.2, -0.15) is 0 Å². The second-order valence-corrected chi connectivity index (χ2v) is 4.45. The molecule has 1 saturated heterocycles. The Labute approximate surface area is 83.4 Å². The first kappa shape index (κ1) is 9.03. The minimum atomic E-state index is 0.677. The zero-order valence-corrected chi connectivity index (χ0v) is 8.57. The zero-order chi connectivity index (χ0) is 8.93. The highest BCUT2D eigenvalue weighted by Crippen LogP contribution is 2.15. The molecule has 1 unspecified atom stereocenters. The standard InChI is InChI=1S/C10H16N2S/c1-2-6-11-9(4-1)8-12-10-5-3-7-13-10/h3,5,7,9,11-12H,1-2,4,6,8H2. The topological polar surface area (TPSA) is 24.1 Å². The van der Waals surface area contributed by atoms with Crippen LogP contribution in [0.15, 0.2) is 17.5 Å². The van der Waals surface area contributed by atoms with E-state index in [9.17, 15) is 0 Å². The van der Waals surface area contributed by atoms with Gasteiger partial charge in [-0.15, -0.1) is 11.3 Å². The summed E-state index contributed by atoms with van der Waals surface area (Å²) in [4.78, 5) is 0. The highest BCUT2D eigenvalue weighted by Gasteiger charge is 2.11. The van der Waals surface area contributed by atoms with Crippen molar-refractivity contribution in [2.45, 2.75) is 25.3 Å². The van der Waals surface area contributed by atoms with Crippen LogP contribution >= 0.6 is 11.3 Å². The van der Waals surface area contributed by atoms with Gasteiger partial charge in [0, 0.05) is 12.6 Å². The van der Waals surface area contributed by atoms with E-state index in [4.69, 9.17) is 0 Å². The third-order valence-corrected chi connectivity index (χ3v) is 3.28. The Hall–Kier alpha value is -0.540. The summed E-state index contributed by atoms with van der Waals surface area (Å²) in [7, 11) is 0. The van der Waals surface area contributed by atoms with Crippen molar-refractivity contribution in [1.29, 1.82) is 0 Å². The van der Waals surface area contributed by atoms with Crippen LogP contribution in [-0.2, 0) is 0 Å². The van der Waals surface area contributed by atoms with Crippen LogP contribution in [0.25, 0.3) is 0 Å². The molecule has 0 aromatic carbocycles. The molecule has 1 atom stereocenters. The number of hydrogen-bond donors (Lipinski definition) is 2. The van der Waals surface area contributed by atoms with Crippen molar-refractivity contribution >= 4 is 16.3 Å². The van der Waals surface area contributed by atoms with Gasteiger partial charge in [0.05, 0.1) is 5.00 Å². The molecule has 1 aliphatic rings. The van der Waals surface area contributed by atoms with Crippen molar-refractivity contribution < 1.29 is 0 Å². The maximum atomic E-state index is 3.52. The number of piperidine rings is 1. The normalized spacial score (nSPS) is 22.9. The first-order chi connectivity index (χ1) is 6.45. The van der Waals surface area contributed by atoms with Gasteiger partial charge in [0.2, 0.25) is 0 Å². The van der Waals surface area contributed by atoms with Gasteiger partial charge in [-0.05, 0) is 36.9 Å². The SMILES string of the molecule is c1csc(NCC2CCCCN2)c1. The van der Waals surface area contributed by atoms with Crippen LogP contribution in [0.5, 0.6) is 0 Å². The molecule has 2 N–H and O–H groups in total. The maximum absolute atomic E-state index is 3.52. The van der Waals surface area contributed by atoms with E-state index in [1.807, 2.05) is 0 Å². The summed E-state index contributed by atoms with van der Waals surface area (Å²) in [5.74, 6) is 0. The Morgan fingerprint density at radius 3 is 3.23 bits per heavy atom. The van der Waals surface area contributed by atoms with Gasteiger partial charge in [0.1, 0.15) is 0 Å². The minimum absolute atomic E-state index is 0.677. The molecule has 72 valence electrons. The van der Waals surface area contributed by atoms with Crippen LogP contribution < -0.4 is 10.6 Å². The molecular weight excluding hydrogens is 180 g/mol. The molecule has 13 heavy (non-hydrogen) atoms. The lowest BCUT2D eigenvalue weighted by molar-refractivity contribution is 0.414.